The number of likely N-dealkylation sites (N-methyl/N-ethyl adjacent to an activating group) is 2. The Morgan fingerprint density at radius 1 is 1.09 bits per heavy atom. The first-order valence-electron chi connectivity index (χ1n) is 11.3. The molecule has 11 heteroatoms. The van der Waals surface area contributed by atoms with Crippen molar-refractivity contribution in [3.8, 4) is 0 Å². The van der Waals surface area contributed by atoms with Crippen LogP contribution in [0.25, 0.3) is 0 Å². The van der Waals surface area contributed by atoms with Crippen molar-refractivity contribution in [3.63, 3.8) is 0 Å². The Balaban J connectivity index is 2.09. The second kappa shape index (κ2) is 13.8. The summed E-state index contributed by atoms with van der Waals surface area (Å²) >= 11 is 0. The lowest BCUT2D eigenvalue weighted by Crippen LogP contribution is -2.49. The maximum absolute atomic E-state index is 11.2. The van der Waals surface area contributed by atoms with Crippen molar-refractivity contribution in [2.75, 3.05) is 66.8 Å². The second-order valence-corrected chi connectivity index (χ2v) is 10.6. The maximum Gasteiger partial charge on any atom is 0.329 e. The molecule has 0 radical (unpaired) electrons. The molecular weight excluding hydrogens is 449 g/mol. The number of aliphatic hydroxyl groups excluding tert-OH is 2. The minimum atomic E-state index is -4.09. The molecule has 0 bridgehead atoms. The van der Waals surface area contributed by atoms with Crippen LogP contribution in [0.5, 0.6) is 0 Å². The molecule has 33 heavy (non-hydrogen) atoms. The summed E-state index contributed by atoms with van der Waals surface area (Å²) in [5, 5.41) is 19.7. The van der Waals surface area contributed by atoms with Gasteiger partial charge in [0.15, 0.2) is 0 Å². The molecule has 190 valence electrons. The number of benzene rings is 1. The van der Waals surface area contributed by atoms with Crippen LogP contribution in [0.4, 0.5) is 0 Å². The lowest BCUT2D eigenvalue weighted by atomic mass is 10.1. The van der Waals surface area contributed by atoms with E-state index in [2.05, 4.69) is 16.8 Å². The zero-order valence-electron chi connectivity index (χ0n) is 19.9. The Kier molecular flexibility index (Phi) is 11.9. The van der Waals surface area contributed by atoms with Crippen LogP contribution in [-0.4, -0.2) is 120 Å². The molecule has 2 rings (SSSR count). The van der Waals surface area contributed by atoms with Gasteiger partial charge < -0.3 is 34.4 Å². The molecule has 1 heterocycles. The van der Waals surface area contributed by atoms with Crippen molar-refractivity contribution in [1.29, 1.82) is 0 Å². The van der Waals surface area contributed by atoms with E-state index in [1.807, 2.05) is 31.0 Å². The third-order valence-corrected chi connectivity index (χ3v) is 6.65. The lowest BCUT2D eigenvalue weighted by Gasteiger charge is -2.34. The quantitative estimate of drug-likeness (QED) is 0.410. The van der Waals surface area contributed by atoms with Gasteiger partial charge in [0, 0.05) is 39.3 Å². The van der Waals surface area contributed by atoms with Gasteiger partial charge in [-0.3, -0.25) is 14.4 Å². The van der Waals surface area contributed by atoms with Crippen molar-refractivity contribution in [2.45, 2.75) is 37.9 Å². The summed E-state index contributed by atoms with van der Waals surface area (Å²) in [5.74, 6) is 0. The van der Waals surface area contributed by atoms with E-state index in [0.717, 1.165) is 31.7 Å². The van der Waals surface area contributed by atoms with Gasteiger partial charge in [0.1, 0.15) is 6.79 Å². The van der Waals surface area contributed by atoms with Gasteiger partial charge in [-0.05, 0) is 32.1 Å². The van der Waals surface area contributed by atoms with Gasteiger partial charge in [0.25, 0.3) is 0 Å². The van der Waals surface area contributed by atoms with Crippen molar-refractivity contribution in [3.05, 3.63) is 35.4 Å². The maximum atomic E-state index is 11.2. The van der Waals surface area contributed by atoms with Gasteiger partial charge in [-0.1, -0.05) is 24.3 Å². The van der Waals surface area contributed by atoms with E-state index in [0.29, 0.717) is 18.7 Å². The van der Waals surface area contributed by atoms with Gasteiger partial charge in [0.2, 0.25) is 0 Å². The molecule has 0 amide bonds. The van der Waals surface area contributed by atoms with Crippen molar-refractivity contribution in [1.82, 2.24) is 14.7 Å². The Morgan fingerprint density at radius 2 is 1.73 bits per heavy atom. The Morgan fingerprint density at radius 3 is 2.36 bits per heavy atom. The van der Waals surface area contributed by atoms with Gasteiger partial charge >= 0.3 is 7.60 Å². The van der Waals surface area contributed by atoms with Crippen LogP contribution >= 0.6 is 7.60 Å². The van der Waals surface area contributed by atoms with E-state index in [-0.39, 0.29) is 38.3 Å². The zero-order valence-corrected chi connectivity index (χ0v) is 20.8. The van der Waals surface area contributed by atoms with Gasteiger partial charge in [0.05, 0.1) is 37.6 Å². The third kappa shape index (κ3) is 10.9. The Bertz CT molecular complexity index is 733. The van der Waals surface area contributed by atoms with E-state index in [1.165, 1.54) is 0 Å². The average molecular weight is 490 g/mol. The number of hydrogen-bond donors (Lipinski definition) is 4. The molecular formula is C22H40N3O7P. The van der Waals surface area contributed by atoms with Crippen LogP contribution in [0.1, 0.15) is 18.1 Å². The number of nitrogens with zero attached hydrogens (tertiary/aromatic N) is 3. The van der Waals surface area contributed by atoms with E-state index in [9.17, 15) is 24.6 Å². The fourth-order valence-electron chi connectivity index (χ4n) is 3.86. The molecule has 0 saturated carbocycles. The first kappa shape index (κ1) is 28.3. The molecule has 4 N–H and O–H groups in total. The van der Waals surface area contributed by atoms with Crippen molar-refractivity contribution in [2.24, 2.45) is 0 Å². The highest BCUT2D eigenvalue weighted by atomic mass is 31.2. The summed E-state index contributed by atoms with van der Waals surface area (Å²) in [7, 11) is -0.124. The predicted molar refractivity (Wildman–Crippen MR) is 126 cm³/mol. The minimum Gasteiger partial charge on any atom is -0.394 e. The summed E-state index contributed by atoms with van der Waals surface area (Å²) in [6.07, 6.45) is -1.18. The standard InChI is InChI=1S/C22H40N3O7P/c1-18-12-23(2)8-10-25(13-19-4-6-20(7-5-19)16-33(28,29)30)11-9-24(3)21(22(27)14-26)15-31-17-32-18/h4-7,18,21-22,26-27H,8-17H2,1-3H3,(H2,28,29,30)/t18-,21+,22+/m0/s1. The highest BCUT2D eigenvalue weighted by Crippen LogP contribution is 2.38. The molecule has 1 aromatic carbocycles. The first-order chi connectivity index (χ1) is 15.6. The Hall–Kier alpha value is -0.910. The van der Waals surface area contributed by atoms with Gasteiger partial charge in [-0.15, -0.1) is 0 Å². The average Bonchev–Trinajstić information content (AvgIpc) is 2.74. The number of aliphatic hydroxyl groups is 2. The van der Waals surface area contributed by atoms with Crippen LogP contribution < -0.4 is 0 Å². The lowest BCUT2D eigenvalue weighted by molar-refractivity contribution is -0.114. The molecule has 0 spiro atoms. The summed E-state index contributed by atoms with van der Waals surface area (Å²) < 4.78 is 22.6. The van der Waals surface area contributed by atoms with Crippen molar-refractivity contribution < 1.29 is 34.0 Å². The summed E-state index contributed by atoms with van der Waals surface area (Å²) in [4.78, 5) is 24.9. The SMILES string of the molecule is C[C@H]1CN(C)CCN(Cc2ccc(CP(=O)(O)O)cc2)CCN(C)[C@@H]([C@H](O)CO)COCO1. The molecule has 1 fully saturated rings. The molecule has 0 unspecified atom stereocenters. The van der Waals surface area contributed by atoms with E-state index in [1.54, 1.807) is 12.1 Å². The van der Waals surface area contributed by atoms with Crippen molar-refractivity contribution >= 4 is 7.60 Å². The number of rotatable bonds is 6. The van der Waals surface area contributed by atoms with Crippen LogP contribution in [0.3, 0.4) is 0 Å². The van der Waals surface area contributed by atoms with Crippen LogP contribution in [0, 0.1) is 0 Å². The van der Waals surface area contributed by atoms with E-state index < -0.39 is 13.7 Å². The van der Waals surface area contributed by atoms with Crippen LogP contribution in [0.15, 0.2) is 24.3 Å². The van der Waals surface area contributed by atoms with E-state index in [4.69, 9.17) is 9.47 Å². The highest BCUT2D eigenvalue weighted by Gasteiger charge is 2.24. The zero-order chi connectivity index (χ0) is 24.4. The van der Waals surface area contributed by atoms with Crippen LogP contribution in [0.2, 0.25) is 0 Å². The monoisotopic (exact) mass is 489 g/mol. The predicted octanol–water partition coefficient (Wildman–Crippen LogP) is 0.145. The molecule has 1 aromatic rings. The normalized spacial score (nSPS) is 24.9. The molecule has 10 nitrogen and oxygen atoms in total. The second-order valence-electron chi connectivity index (χ2n) is 8.94. The third-order valence-electron chi connectivity index (χ3n) is 5.88. The molecule has 0 aromatic heterocycles. The van der Waals surface area contributed by atoms with Gasteiger partial charge in [-0.25, -0.2) is 0 Å². The summed E-state index contributed by atoms with van der Waals surface area (Å²) in [6.45, 7) is 6.58. The largest absolute Gasteiger partial charge is 0.394 e. The smallest absolute Gasteiger partial charge is 0.329 e. The first-order valence-corrected chi connectivity index (χ1v) is 13.1. The fraction of sp³-hybridized carbons (Fsp3) is 0.727. The minimum absolute atomic E-state index is 0.00750. The molecule has 1 saturated heterocycles. The topological polar surface area (TPSA) is 126 Å². The van der Waals surface area contributed by atoms with E-state index >= 15 is 0 Å². The van der Waals surface area contributed by atoms with Gasteiger partial charge in [-0.2, -0.15) is 0 Å². The number of ether oxygens (including phenoxy) is 2. The van der Waals surface area contributed by atoms with Crippen LogP contribution in [-0.2, 0) is 26.7 Å². The highest BCUT2D eigenvalue weighted by molar-refractivity contribution is 7.50. The molecule has 3 atom stereocenters. The molecule has 1 aliphatic rings. The summed E-state index contributed by atoms with van der Waals surface area (Å²) in [6, 6.07) is 6.99. The Labute approximate surface area is 196 Å². The molecule has 1 aliphatic heterocycles. The fourth-order valence-corrected chi connectivity index (χ4v) is 4.55. The molecule has 0 aliphatic carbocycles. The summed E-state index contributed by atoms with van der Waals surface area (Å²) in [5.41, 5.74) is 1.67. The number of hydrogen-bond acceptors (Lipinski definition) is 8.